The van der Waals surface area contributed by atoms with E-state index in [0.29, 0.717) is 46.1 Å². The third kappa shape index (κ3) is 17.7. The quantitative estimate of drug-likeness (QED) is 0.0358. The maximum atomic E-state index is 12.4. The highest BCUT2D eigenvalue weighted by atomic mass is 16.2. The Labute approximate surface area is 797 Å². The number of rotatable bonds is 19. The van der Waals surface area contributed by atoms with Crippen molar-refractivity contribution in [1.82, 2.24) is 164 Å². The van der Waals surface area contributed by atoms with Gasteiger partial charge in [-0.3, -0.25) is 69.9 Å². The summed E-state index contributed by atoms with van der Waals surface area (Å²) in [5.74, 6) is 2.40. The molecule has 0 aliphatic carbocycles. The number of benzene rings is 4. The molecule has 692 valence electrons. The molecular formula is C102H92N36O2. The molecule has 38 nitrogen and oxygen atoms in total. The summed E-state index contributed by atoms with van der Waals surface area (Å²) in [7, 11) is 4.02. The fraction of sp³-hybridized carbons (Fsp3) is 0.157. The Balaban J connectivity index is 0.000000111. The Morgan fingerprint density at radius 2 is 0.679 bits per heavy atom. The van der Waals surface area contributed by atoms with E-state index in [-0.39, 0.29) is 17.7 Å². The molecule has 0 spiro atoms. The molecule has 20 aromatic heterocycles. The fourth-order valence-electron chi connectivity index (χ4n) is 16.4. The Morgan fingerprint density at radius 3 is 0.993 bits per heavy atom. The van der Waals surface area contributed by atoms with Gasteiger partial charge in [0.25, 0.3) is 0 Å². The summed E-state index contributed by atoms with van der Waals surface area (Å²) >= 11 is 0. The number of aromatic nitrogens is 32. The normalized spacial score (nSPS) is 11.6. The molecule has 2 amide bonds. The van der Waals surface area contributed by atoms with Crippen LogP contribution in [-0.4, -0.2) is 191 Å². The first-order valence-electron chi connectivity index (χ1n) is 45.1. The van der Waals surface area contributed by atoms with E-state index in [1.54, 1.807) is 99.7 Å². The van der Waals surface area contributed by atoms with Gasteiger partial charge in [-0.2, -0.15) is 20.4 Å². The number of nitrogens with zero attached hydrogens (tertiary/aromatic N) is 25. The lowest BCUT2D eigenvalue weighted by molar-refractivity contribution is -0.123. The lowest BCUT2D eigenvalue weighted by Gasteiger charge is -2.17. The summed E-state index contributed by atoms with van der Waals surface area (Å²) in [4.78, 5) is 112. The molecule has 0 saturated heterocycles. The highest BCUT2D eigenvalue weighted by molar-refractivity contribution is 6.02. The summed E-state index contributed by atoms with van der Waals surface area (Å²) in [6, 6.07) is 32.7. The Kier molecular flexibility index (Phi) is 23.0. The second-order valence-electron chi connectivity index (χ2n) is 35.5. The first-order chi connectivity index (χ1) is 68.0. The number of hydrogen-bond acceptors (Lipinski definition) is 24. The number of aryl methyl sites for hydroxylation is 4. The molecule has 38 heteroatoms. The maximum Gasteiger partial charge on any atom is 0.229 e. The number of fused-ring (bicyclic) bond motifs is 8. The van der Waals surface area contributed by atoms with E-state index in [9.17, 15) is 9.59 Å². The van der Waals surface area contributed by atoms with Gasteiger partial charge >= 0.3 is 0 Å². The lowest BCUT2D eigenvalue weighted by Crippen LogP contribution is -2.27. The van der Waals surface area contributed by atoms with Crippen LogP contribution in [-0.2, 0) is 16.1 Å². The van der Waals surface area contributed by atoms with E-state index in [0.717, 1.165) is 214 Å². The number of anilines is 3. The summed E-state index contributed by atoms with van der Waals surface area (Å²) in [5, 5.41) is 43.7. The molecule has 0 unspecified atom stereocenters. The van der Waals surface area contributed by atoms with Crippen molar-refractivity contribution in [3.8, 4) is 113 Å². The lowest BCUT2D eigenvalue weighted by atomic mass is 9.95. The molecule has 0 radical (unpaired) electrons. The SMILES string of the molecule is CCNCc1cncc(-c2ccc3[nH]nc(-c4nc5c(-n6cnc(C)c6)cncc5[nH]4)c3c2)c1.Cc1cn(-c2cncc3[nH]c(-c4n[nH]c5ccc(-c6cncc(N(C)C)c6)cc45)nc23)cn1.Cc1cn(-c2cncc3[nH]c(-c4n[nH]c5ccc(-c6cncc(NC(=O)C(C)(C)C)c6)cc45)nc23)cn1.Cc1cn(-c2cncc3[nH]c(-c4n[nH]c5ccc(-c6cncc(NC(=O)C(C)C)c6)cc45)nc23)cn1. The third-order valence-electron chi connectivity index (χ3n) is 23.8. The van der Waals surface area contributed by atoms with Crippen LogP contribution in [0.1, 0.15) is 69.9 Å². The predicted molar refractivity (Wildman–Crippen MR) is 540 cm³/mol. The Bertz CT molecular complexity index is 8790. The van der Waals surface area contributed by atoms with Gasteiger partial charge in [-0.05, 0) is 135 Å². The number of pyridine rings is 8. The van der Waals surface area contributed by atoms with E-state index < -0.39 is 5.41 Å². The van der Waals surface area contributed by atoms with Gasteiger partial charge in [0.05, 0.1) is 200 Å². The fourth-order valence-corrected chi connectivity index (χ4v) is 16.4. The van der Waals surface area contributed by atoms with Crippen molar-refractivity contribution >= 4 is 117 Å². The highest BCUT2D eigenvalue weighted by Gasteiger charge is 2.26. The summed E-state index contributed by atoms with van der Waals surface area (Å²) in [5.41, 5.74) is 31.1. The number of carbonyl (C=O) groups excluding carboxylic acids is 2. The van der Waals surface area contributed by atoms with Crippen LogP contribution in [0.5, 0.6) is 0 Å². The van der Waals surface area contributed by atoms with Gasteiger partial charge in [0, 0.05) is 132 Å². The van der Waals surface area contributed by atoms with E-state index in [4.69, 9.17) is 19.9 Å². The number of imidazole rings is 8. The molecule has 0 atom stereocenters. The minimum Gasteiger partial charge on any atom is -0.376 e. The number of carbonyl (C=O) groups is 2. The average Bonchev–Trinajstić information content (AvgIpc) is 1.62. The first-order valence-corrected chi connectivity index (χ1v) is 45.1. The molecule has 0 saturated carbocycles. The van der Waals surface area contributed by atoms with Gasteiger partial charge in [-0.15, -0.1) is 0 Å². The van der Waals surface area contributed by atoms with E-state index >= 15 is 0 Å². The van der Waals surface area contributed by atoms with Crippen LogP contribution in [0, 0.1) is 39.0 Å². The van der Waals surface area contributed by atoms with Gasteiger partial charge in [0.1, 0.15) is 44.8 Å². The van der Waals surface area contributed by atoms with E-state index in [2.05, 4.69) is 180 Å². The zero-order chi connectivity index (χ0) is 96.1. The van der Waals surface area contributed by atoms with Crippen molar-refractivity contribution in [2.24, 2.45) is 11.3 Å². The average molecular weight is 1850 g/mol. The van der Waals surface area contributed by atoms with Crippen molar-refractivity contribution in [3.05, 3.63) is 275 Å². The van der Waals surface area contributed by atoms with Crippen molar-refractivity contribution in [3.63, 3.8) is 0 Å². The van der Waals surface area contributed by atoms with Crippen molar-refractivity contribution in [1.29, 1.82) is 0 Å². The van der Waals surface area contributed by atoms with Crippen LogP contribution in [0.25, 0.3) is 201 Å². The van der Waals surface area contributed by atoms with Crippen molar-refractivity contribution in [2.75, 3.05) is 36.2 Å². The summed E-state index contributed by atoms with van der Waals surface area (Å²) in [6.45, 7) is 20.9. The van der Waals surface area contributed by atoms with Crippen LogP contribution in [0.15, 0.2) is 246 Å². The van der Waals surface area contributed by atoms with Gasteiger partial charge < -0.3 is 59.1 Å². The minimum atomic E-state index is -0.501. The molecule has 0 aliphatic heterocycles. The number of H-pyrrole nitrogens is 8. The highest BCUT2D eigenvalue weighted by Crippen LogP contribution is 2.39. The molecule has 24 aromatic rings. The topological polar surface area (TPSA) is 477 Å². The molecule has 140 heavy (non-hydrogen) atoms. The largest absolute Gasteiger partial charge is 0.376 e. The van der Waals surface area contributed by atoms with Crippen LogP contribution in [0.2, 0.25) is 0 Å². The van der Waals surface area contributed by atoms with Gasteiger partial charge in [0.15, 0.2) is 23.3 Å². The molecule has 4 aromatic carbocycles. The van der Waals surface area contributed by atoms with Gasteiger partial charge in [-0.25, -0.2) is 39.9 Å². The van der Waals surface area contributed by atoms with Crippen LogP contribution in [0.4, 0.5) is 17.1 Å². The van der Waals surface area contributed by atoms with Crippen LogP contribution in [0.3, 0.4) is 0 Å². The molecule has 24 rings (SSSR count). The number of hydrogen-bond donors (Lipinski definition) is 11. The van der Waals surface area contributed by atoms with Crippen molar-refractivity contribution < 1.29 is 9.59 Å². The second kappa shape index (κ2) is 36.6. The smallest absolute Gasteiger partial charge is 0.229 e. The third-order valence-corrected chi connectivity index (χ3v) is 23.8. The molecule has 0 bridgehead atoms. The Morgan fingerprint density at radius 1 is 0.364 bits per heavy atom. The maximum absolute atomic E-state index is 12.4. The standard InChI is InChI=1S/C27H25N9O.C26H23N9O.C25H23N9.C24H21N9/c1-15-13-36(14-30-15)22-12-29-11-21-24(22)33-25(32-21)23-19-8-16(5-6-20(19)34-35-23)17-7-18(10-28-9-17)31-26(37)27(2,3)4;1-14(2)26(36)30-18-6-17(8-27-9-18)16-4-5-20-19(7-16)23(34-33-20)25-31-21-10-28-11-22(24(21)32-25)35-12-15(3)29-13-35;1-3-26-8-16-6-18(10-27-9-16)17-4-5-20-19(7-17)23(33-32-20)25-30-21-11-28-12-22(24(21)31-25)34-13-15(2)29-14-34;1-14-12-33(13-27-14)21-11-26-10-20-23(21)29-24(28-20)22-18-7-15(4-5-19(18)30-31-22)16-6-17(32(2)3)9-25-8-16/h5-14H,1-4H3,(H,31,37)(H,32,33)(H,34,35);4-14H,1-3H3,(H,30,36)(H,31,32)(H,33,34);4-7,9-14,26H,3,8H2,1-2H3,(H,30,31)(H,32,33);4-13H,1-3H3,(H,28,29)(H,30,31). The molecule has 0 aliphatic rings. The van der Waals surface area contributed by atoms with Gasteiger partial charge in [-0.1, -0.05) is 65.8 Å². The van der Waals surface area contributed by atoms with Crippen LogP contribution < -0.4 is 20.9 Å². The molecular weight excluding hydrogens is 1760 g/mol. The van der Waals surface area contributed by atoms with Crippen molar-refractivity contribution in [2.45, 2.75) is 75.8 Å². The second-order valence-corrected chi connectivity index (χ2v) is 35.5. The molecule has 11 N–H and O–H groups in total. The number of aromatic amines is 8. The summed E-state index contributed by atoms with van der Waals surface area (Å²) in [6.07, 6.45) is 43.4. The van der Waals surface area contributed by atoms with Gasteiger partial charge in [0.2, 0.25) is 11.8 Å². The zero-order valence-corrected chi connectivity index (χ0v) is 78.1. The molecule has 20 heterocycles. The summed E-state index contributed by atoms with van der Waals surface area (Å²) < 4.78 is 7.69. The minimum absolute atomic E-state index is 0.0499. The van der Waals surface area contributed by atoms with E-state index in [1.165, 1.54) is 0 Å². The number of nitrogens with one attached hydrogen (secondary N) is 11. The number of amides is 2. The van der Waals surface area contributed by atoms with E-state index in [1.807, 2.05) is 210 Å². The first kappa shape index (κ1) is 88.0. The molecule has 0 fully saturated rings. The monoisotopic (exact) mass is 1850 g/mol. The zero-order valence-electron chi connectivity index (χ0n) is 78.1. The Hall–Kier alpha value is -18.6. The van der Waals surface area contributed by atoms with Crippen LogP contribution >= 0.6 is 0 Å². The predicted octanol–water partition coefficient (Wildman–Crippen LogP) is 18.0.